The van der Waals surface area contributed by atoms with Gasteiger partial charge in [-0.3, -0.25) is 4.68 Å². The molecule has 8 heteroatoms. The molecule has 0 bridgehead atoms. The number of aromatic nitrogens is 4. The monoisotopic (exact) mass is 410 g/mol. The van der Waals surface area contributed by atoms with Crippen LogP contribution in [0.15, 0.2) is 30.7 Å². The summed E-state index contributed by atoms with van der Waals surface area (Å²) in [4.78, 5) is 11.4. The third kappa shape index (κ3) is 3.04. The summed E-state index contributed by atoms with van der Waals surface area (Å²) < 4.78 is 2.00. The summed E-state index contributed by atoms with van der Waals surface area (Å²) in [6.45, 7) is 3.79. The molecule has 1 aliphatic heterocycles. The fourth-order valence-corrected chi connectivity index (χ4v) is 5.43. The largest absolute Gasteiger partial charge is 0.390 e. The van der Waals surface area contributed by atoms with Gasteiger partial charge in [0.05, 0.1) is 39.8 Å². The molecule has 2 saturated carbocycles. The van der Waals surface area contributed by atoms with Gasteiger partial charge in [-0.2, -0.15) is 5.10 Å². The Morgan fingerprint density at radius 2 is 2.00 bits per heavy atom. The highest BCUT2D eigenvalue weighted by Crippen LogP contribution is 2.55. The zero-order valence-electron chi connectivity index (χ0n) is 16.3. The number of aliphatic hydroxyl groups is 1. The van der Waals surface area contributed by atoms with Crippen molar-refractivity contribution in [1.82, 2.24) is 19.7 Å². The number of fused-ring (bicyclic) bond motifs is 1. The van der Waals surface area contributed by atoms with Crippen molar-refractivity contribution >= 4 is 39.8 Å². The SMILES string of the molecule is CC1(O)CC2(CN(c3cc4nc(Nc5cnn(C6CC6)c5)ncc4cc3Cl)C2)C1. The van der Waals surface area contributed by atoms with Crippen molar-refractivity contribution in [3.05, 3.63) is 35.7 Å². The van der Waals surface area contributed by atoms with Crippen molar-refractivity contribution in [3.8, 4) is 0 Å². The van der Waals surface area contributed by atoms with Crippen molar-refractivity contribution < 1.29 is 5.11 Å². The Morgan fingerprint density at radius 3 is 2.72 bits per heavy atom. The number of hydrogen-bond donors (Lipinski definition) is 2. The zero-order chi connectivity index (χ0) is 19.8. The van der Waals surface area contributed by atoms with E-state index in [2.05, 4.69) is 20.3 Å². The van der Waals surface area contributed by atoms with Gasteiger partial charge >= 0.3 is 0 Å². The second kappa shape index (κ2) is 5.83. The van der Waals surface area contributed by atoms with E-state index in [1.807, 2.05) is 36.1 Å². The van der Waals surface area contributed by atoms with Gasteiger partial charge in [-0.05, 0) is 44.7 Å². The predicted octanol–water partition coefficient (Wildman–Crippen LogP) is 3.91. The van der Waals surface area contributed by atoms with Gasteiger partial charge < -0.3 is 15.3 Å². The lowest BCUT2D eigenvalue weighted by molar-refractivity contribution is -0.126. The third-order valence-corrected chi connectivity index (χ3v) is 6.63. The number of nitrogens with zero attached hydrogens (tertiary/aromatic N) is 5. The first-order chi connectivity index (χ1) is 13.9. The summed E-state index contributed by atoms with van der Waals surface area (Å²) in [7, 11) is 0. The minimum absolute atomic E-state index is 0.252. The van der Waals surface area contributed by atoms with Crippen molar-refractivity contribution in [2.75, 3.05) is 23.3 Å². The highest BCUT2D eigenvalue weighted by atomic mass is 35.5. The van der Waals surface area contributed by atoms with Gasteiger partial charge in [-0.25, -0.2) is 9.97 Å². The summed E-state index contributed by atoms with van der Waals surface area (Å²) in [5.41, 5.74) is 2.51. The highest BCUT2D eigenvalue weighted by molar-refractivity contribution is 6.34. The topological polar surface area (TPSA) is 79.1 Å². The third-order valence-electron chi connectivity index (χ3n) is 6.33. The summed E-state index contributed by atoms with van der Waals surface area (Å²) in [6.07, 6.45) is 9.75. The standard InChI is InChI=1S/C21H23ClN6O/c1-20(29)9-21(10-20)11-27(12-21)18-5-17-13(4-16(18)22)6-23-19(26-17)25-14-7-24-28(8-14)15-2-3-15/h4-8,15,29H,2-3,9-12H2,1H3,(H,23,25,26). The molecule has 3 heterocycles. The van der Waals surface area contributed by atoms with Crippen LogP contribution in [0.2, 0.25) is 5.02 Å². The van der Waals surface area contributed by atoms with Crippen LogP contribution in [-0.4, -0.2) is 43.5 Å². The van der Waals surface area contributed by atoms with Crippen LogP contribution in [0, 0.1) is 5.41 Å². The molecule has 150 valence electrons. The van der Waals surface area contributed by atoms with Crippen LogP contribution < -0.4 is 10.2 Å². The average Bonchev–Trinajstić information content (AvgIpc) is 3.37. The number of benzene rings is 1. The van der Waals surface area contributed by atoms with Gasteiger partial charge in [-0.1, -0.05) is 11.6 Å². The molecule has 0 atom stereocenters. The van der Waals surface area contributed by atoms with E-state index < -0.39 is 5.60 Å². The molecule has 0 amide bonds. The Kier molecular flexibility index (Phi) is 3.51. The van der Waals surface area contributed by atoms with Crippen LogP contribution in [0.4, 0.5) is 17.3 Å². The Hall–Kier alpha value is -2.38. The highest BCUT2D eigenvalue weighted by Gasteiger charge is 2.57. The molecule has 3 aliphatic rings. The van der Waals surface area contributed by atoms with Crippen molar-refractivity contribution in [2.24, 2.45) is 5.41 Å². The van der Waals surface area contributed by atoms with E-state index in [1.165, 1.54) is 12.8 Å². The smallest absolute Gasteiger partial charge is 0.227 e. The lowest BCUT2D eigenvalue weighted by Gasteiger charge is -2.62. The fourth-order valence-electron chi connectivity index (χ4n) is 5.13. The molecular weight excluding hydrogens is 388 g/mol. The van der Waals surface area contributed by atoms with E-state index in [4.69, 9.17) is 16.6 Å². The van der Waals surface area contributed by atoms with E-state index >= 15 is 0 Å². The van der Waals surface area contributed by atoms with Crippen LogP contribution in [0.5, 0.6) is 0 Å². The lowest BCUT2D eigenvalue weighted by atomic mass is 9.56. The maximum absolute atomic E-state index is 10.1. The van der Waals surface area contributed by atoms with E-state index in [-0.39, 0.29) is 5.41 Å². The minimum Gasteiger partial charge on any atom is -0.390 e. The Labute approximate surface area is 173 Å². The number of rotatable bonds is 4. The molecule has 6 rings (SSSR count). The van der Waals surface area contributed by atoms with Gasteiger partial charge in [0.15, 0.2) is 0 Å². The van der Waals surface area contributed by atoms with Crippen molar-refractivity contribution in [3.63, 3.8) is 0 Å². The van der Waals surface area contributed by atoms with Crippen molar-refractivity contribution in [2.45, 2.75) is 44.2 Å². The Morgan fingerprint density at radius 1 is 1.21 bits per heavy atom. The van der Waals surface area contributed by atoms with Crippen LogP contribution in [0.25, 0.3) is 10.9 Å². The molecule has 1 saturated heterocycles. The van der Waals surface area contributed by atoms with Crippen LogP contribution in [-0.2, 0) is 0 Å². The van der Waals surface area contributed by atoms with Crippen LogP contribution in [0.3, 0.4) is 0 Å². The Balaban J connectivity index is 1.23. The van der Waals surface area contributed by atoms with Crippen molar-refractivity contribution in [1.29, 1.82) is 0 Å². The van der Waals surface area contributed by atoms with E-state index in [9.17, 15) is 5.11 Å². The average molecular weight is 411 g/mol. The first-order valence-corrected chi connectivity index (χ1v) is 10.5. The molecule has 7 nitrogen and oxygen atoms in total. The lowest BCUT2D eigenvalue weighted by Crippen LogP contribution is -2.67. The minimum atomic E-state index is -0.500. The van der Waals surface area contributed by atoms with Gasteiger partial charge in [0.1, 0.15) is 0 Å². The number of halogens is 1. The molecule has 3 fully saturated rings. The molecule has 2 N–H and O–H groups in total. The van der Waals surface area contributed by atoms with Gasteiger partial charge in [0.25, 0.3) is 0 Å². The van der Waals surface area contributed by atoms with Crippen LogP contribution in [0.1, 0.15) is 38.6 Å². The molecule has 29 heavy (non-hydrogen) atoms. The fraction of sp³-hybridized carbons (Fsp3) is 0.476. The van der Waals surface area contributed by atoms with E-state index in [0.717, 1.165) is 48.2 Å². The molecular formula is C21H23ClN6O. The molecule has 2 aromatic heterocycles. The van der Waals surface area contributed by atoms with Gasteiger partial charge in [0, 0.05) is 36.3 Å². The van der Waals surface area contributed by atoms with Crippen LogP contribution >= 0.6 is 11.6 Å². The Bertz CT molecular complexity index is 1110. The van der Waals surface area contributed by atoms with E-state index in [0.29, 0.717) is 17.0 Å². The van der Waals surface area contributed by atoms with E-state index in [1.54, 1.807) is 6.20 Å². The normalized spacial score (nSPS) is 21.8. The quantitative estimate of drug-likeness (QED) is 0.678. The summed E-state index contributed by atoms with van der Waals surface area (Å²) in [5.74, 6) is 0.552. The second-order valence-corrected chi connectivity index (χ2v) is 9.73. The first-order valence-electron chi connectivity index (χ1n) is 10.1. The number of hydrogen-bond acceptors (Lipinski definition) is 6. The maximum Gasteiger partial charge on any atom is 0.227 e. The maximum atomic E-state index is 10.1. The molecule has 0 unspecified atom stereocenters. The number of nitrogens with one attached hydrogen (secondary N) is 1. The first kappa shape index (κ1) is 17.5. The molecule has 2 aliphatic carbocycles. The molecule has 0 radical (unpaired) electrons. The van der Waals surface area contributed by atoms with Gasteiger partial charge in [0.2, 0.25) is 5.95 Å². The summed E-state index contributed by atoms with van der Waals surface area (Å²) >= 11 is 6.56. The molecule has 1 aromatic carbocycles. The van der Waals surface area contributed by atoms with Gasteiger partial charge in [-0.15, -0.1) is 0 Å². The number of anilines is 3. The summed E-state index contributed by atoms with van der Waals surface area (Å²) in [6, 6.07) is 4.53. The second-order valence-electron chi connectivity index (χ2n) is 9.33. The molecule has 3 aromatic rings. The predicted molar refractivity (Wildman–Crippen MR) is 113 cm³/mol. The zero-order valence-corrected chi connectivity index (χ0v) is 17.0. The molecule has 1 spiro atoms. The summed E-state index contributed by atoms with van der Waals surface area (Å²) in [5, 5.41) is 19.4.